The number of hydrogen-bond acceptors (Lipinski definition) is 6. The van der Waals surface area contributed by atoms with Crippen molar-refractivity contribution in [3.05, 3.63) is 83.1 Å². The van der Waals surface area contributed by atoms with Crippen molar-refractivity contribution in [1.29, 1.82) is 0 Å². The SMILES string of the molecule is CS(=O)(=O)OCCCc1ccc(OCc2coc(C=Cc3ccc(C(F)(F)F)cc3)n2)cc1. The minimum absolute atomic E-state index is 0.138. The lowest BCUT2D eigenvalue weighted by Crippen LogP contribution is -2.04. The second-order valence-corrected chi connectivity index (χ2v) is 8.84. The Kier molecular flexibility index (Phi) is 7.93. The molecule has 0 spiro atoms. The Bertz CT molecular complexity index is 1170. The van der Waals surface area contributed by atoms with E-state index < -0.39 is 21.9 Å². The predicted molar refractivity (Wildman–Crippen MR) is 117 cm³/mol. The van der Waals surface area contributed by atoms with E-state index in [-0.39, 0.29) is 13.2 Å². The molecule has 0 aliphatic carbocycles. The van der Waals surface area contributed by atoms with Gasteiger partial charge in [-0.25, -0.2) is 4.98 Å². The summed E-state index contributed by atoms with van der Waals surface area (Å²) in [4.78, 5) is 4.26. The molecule has 0 atom stereocenters. The molecule has 33 heavy (non-hydrogen) atoms. The molecule has 3 rings (SSSR count). The number of aryl methyl sites for hydroxylation is 1. The molecule has 0 bridgehead atoms. The van der Waals surface area contributed by atoms with Gasteiger partial charge in [0.25, 0.3) is 10.1 Å². The molecule has 1 heterocycles. The Morgan fingerprint density at radius 2 is 1.73 bits per heavy atom. The Labute approximate surface area is 189 Å². The van der Waals surface area contributed by atoms with Gasteiger partial charge in [0.05, 0.1) is 18.4 Å². The Hall–Kier alpha value is -3.11. The molecular formula is C23H22F3NO5S. The first-order valence-corrected chi connectivity index (χ1v) is 11.8. The molecule has 0 saturated heterocycles. The maximum absolute atomic E-state index is 12.6. The zero-order chi connectivity index (χ0) is 23.9. The first-order valence-electron chi connectivity index (χ1n) is 9.94. The van der Waals surface area contributed by atoms with Crippen LogP contribution >= 0.6 is 0 Å². The van der Waals surface area contributed by atoms with Crippen LogP contribution in [-0.4, -0.2) is 26.3 Å². The zero-order valence-electron chi connectivity index (χ0n) is 17.7. The Morgan fingerprint density at radius 1 is 1.03 bits per heavy atom. The second-order valence-electron chi connectivity index (χ2n) is 7.19. The van der Waals surface area contributed by atoms with E-state index in [0.29, 0.717) is 35.7 Å². The van der Waals surface area contributed by atoms with Gasteiger partial charge in [-0.1, -0.05) is 24.3 Å². The van der Waals surface area contributed by atoms with Crippen molar-refractivity contribution >= 4 is 22.3 Å². The standard InChI is InChI=1S/C23H22F3NO5S/c1-33(28,29)32-14-2-3-17-6-11-21(12-7-17)30-15-20-16-31-22(27-20)13-8-18-4-9-19(10-5-18)23(24,25)26/h4-13,16H,2-3,14-15H2,1H3. The van der Waals surface area contributed by atoms with Crippen LogP contribution in [0.25, 0.3) is 12.2 Å². The van der Waals surface area contributed by atoms with E-state index in [4.69, 9.17) is 13.3 Å². The van der Waals surface area contributed by atoms with Gasteiger partial charge in [0.15, 0.2) is 0 Å². The lowest BCUT2D eigenvalue weighted by Gasteiger charge is -2.06. The number of rotatable bonds is 10. The summed E-state index contributed by atoms with van der Waals surface area (Å²) in [5.41, 5.74) is 1.46. The second kappa shape index (κ2) is 10.7. The first-order chi connectivity index (χ1) is 15.6. The van der Waals surface area contributed by atoms with Crippen LogP contribution in [0.15, 0.2) is 59.2 Å². The molecule has 0 aliphatic rings. The summed E-state index contributed by atoms with van der Waals surface area (Å²) >= 11 is 0. The monoisotopic (exact) mass is 481 g/mol. The van der Waals surface area contributed by atoms with Crippen LogP contribution in [0.5, 0.6) is 5.75 Å². The quantitative estimate of drug-likeness (QED) is 0.287. The predicted octanol–water partition coefficient (Wildman–Crippen LogP) is 5.35. The number of benzene rings is 2. The summed E-state index contributed by atoms with van der Waals surface area (Å²) in [6.45, 7) is 0.318. The number of oxazole rings is 1. The van der Waals surface area contributed by atoms with Crippen molar-refractivity contribution < 1.29 is 34.9 Å². The van der Waals surface area contributed by atoms with E-state index in [9.17, 15) is 21.6 Å². The van der Waals surface area contributed by atoms with Crippen LogP contribution in [-0.2, 0) is 33.5 Å². The molecule has 0 amide bonds. The van der Waals surface area contributed by atoms with Crippen LogP contribution in [0.1, 0.15) is 34.7 Å². The van der Waals surface area contributed by atoms with Gasteiger partial charge in [-0.2, -0.15) is 21.6 Å². The molecule has 0 unspecified atom stereocenters. The van der Waals surface area contributed by atoms with E-state index >= 15 is 0 Å². The smallest absolute Gasteiger partial charge is 0.416 e. The third-order valence-electron chi connectivity index (χ3n) is 4.44. The van der Waals surface area contributed by atoms with Crippen molar-refractivity contribution in [2.45, 2.75) is 25.6 Å². The molecule has 0 N–H and O–H groups in total. The number of ether oxygens (including phenoxy) is 1. The van der Waals surface area contributed by atoms with E-state index in [2.05, 4.69) is 4.98 Å². The highest BCUT2D eigenvalue weighted by molar-refractivity contribution is 7.85. The van der Waals surface area contributed by atoms with Gasteiger partial charge < -0.3 is 9.15 Å². The number of aromatic nitrogens is 1. The number of hydrogen-bond donors (Lipinski definition) is 0. The highest BCUT2D eigenvalue weighted by atomic mass is 32.2. The van der Waals surface area contributed by atoms with Gasteiger partial charge in [-0.3, -0.25) is 4.18 Å². The summed E-state index contributed by atoms with van der Waals surface area (Å²) in [6.07, 6.45) is 2.53. The molecule has 10 heteroatoms. The average Bonchev–Trinajstić information content (AvgIpc) is 3.22. The van der Waals surface area contributed by atoms with Gasteiger partial charge >= 0.3 is 6.18 Å². The highest BCUT2D eigenvalue weighted by Gasteiger charge is 2.29. The van der Waals surface area contributed by atoms with Crippen molar-refractivity contribution in [3.8, 4) is 5.75 Å². The lowest BCUT2D eigenvalue weighted by atomic mass is 10.1. The molecule has 2 aromatic carbocycles. The van der Waals surface area contributed by atoms with Crippen molar-refractivity contribution in [3.63, 3.8) is 0 Å². The third kappa shape index (κ3) is 8.39. The van der Waals surface area contributed by atoms with Gasteiger partial charge in [0.1, 0.15) is 24.3 Å². The summed E-state index contributed by atoms with van der Waals surface area (Å²) in [5, 5.41) is 0. The Balaban J connectivity index is 1.46. The molecule has 0 saturated carbocycles. The molecule has 176 valence electrons. The first kappa shape index (κ1) is 24.5. The minimum Gasteiger partial charge on any atom is -0.487 e. The number of halogens is 3. The normalized spacial score (nSPS) is 12.4. The summed E-state index contributed by atoms with van der Waals surface area (Å²) < 4.78 is 75.4. The van der Waals surface area contributed by atoms with Gasteiger partial charge in [0, 0.05) is 6.08 Å². The topological polar surface area (TPSA) is 78.6 Å². The fourth-order valence-corrected chi connectivity index (χ4v) is 3.23. The number of nitrogens with zero attached hydrogens (tertiary/aromatic N) is 1. The number of alkyl halides is 3. The van der Waals surface area contributed by atoms with Crippen molar-refractivity contribution in [1.82, 2.24) is 4.98 Å². The van der Waals surface area contributed by atoms with Crippen LogP contribution < -0.4 is 4.74 Å². The van der Waals surface area contributed by atoms with Crippen LogP contribution in [0, 0.1) is 0 Å². The molecule has 0 radical (unpaired) electrons. The van der Waals surface area contributed by atoms with Crippen molar-refractivity contribution in [2.75, 3.05) is 12.9 Å². The van der Waals surface area contributed by atoms with E-state index in [1.165, 1.54) is 18.4 Å². The zero-order valence-corrected chi connectivity index (χ0v) is 18.5. The van der Waals surface area contributed by atoms with E-state index in [1.54, 1.807) is 24.3 Å². The maximum Gasteiger partial charge on any atom is 0.416 e. The molecule has 0 aliphatic heterocycles. The van der Waals surface area contributed by atoms with Crippen LogP contribution in [0.2, 0.25) is 0 Å². The van der Waals surface area contributed by atoms with Gasteiger partial charge in [0.2, 0.25) is 5.89 Å². The summed E-state index contributed by atoms with van der Waals surface area (Å²) in [7, 11) is -3.42. The molecule has 3 aromatic rings. The summed E-state index contributed by atoms with van der Waals surface area (Å²) in [5.74, 6) is 0.941. The molecule has 1 aromatic heterocycles. The maximum atomic E-state index is 12.6. The van der Waals surface area contributed by atoms with Gasteiger partial charge in [-0.05, 0) is 54.3 Å². The van der Waals surface area contributed by atoms with Crippen molar-refractivity contribution in [2.24, 2.45) is 0 Å². The third-order valence-corrected chi connectivity index (χ3v) is 5.04. The summed E-state index contributed by atoms with van der Waals surface area (Å²) in [6, 6.07) is 12.2. The molecular weight excluding hydrogens is 459 g/mol. The van der Waals surface area contributed by atoms with Gasteiger partial charge in [-0.15, -0.1) is 0 Å². The molecule has 0 fully saturated rings. The molecule has 6 nitrogen and oxygen atoms in total. The minimum atomic E-state index is -4.37. The lowest BCUT2D eigenvalue weighted by molar-refractivity contribution is -0.137. The largest absolute Gasteiger partial charge is 0.487 e. The van der Waals surface area contributed by atoms with Crippen LogP contribution in [0.3, 0.4) is 0 Å². The van der Waals surface area contributed by atoms with E-state index in [1.807, 2.05) is 12.1 Å². The Morgan fingerprint density at radius 3 is 2.36 bits per heavy atom. The van der Waals surface area contributed by atoms with Crippen LogP contribution in [0.4, 0.5) is 13.2 Å². The van der Waals surface area contributed by atoms with E-state index in [0.717, 1.165) is 24.0 Å². The average molecular weight is 481 g/mol. The highest BCUT2D eigenvalue weighted by Crippen LogP contribution is 2.29. The fraction of sp³-hybridized carbons (Fsp3) is 0.261. The fourth-order valence-electron chi connectivity index (χ4n) is 2.81.